The van der Waals surface area contributed by atoms with Crippen molar-refractivity contribution in [2.24, 2.45) is 0 Å². The molecular weight excluding hydrogens is 172 g/mol. The van der Waals surface area contributed by atoms with E-state index in [1.54, 1.807) is 0 Å². The van der Waals surface area contributed by atoms with E-state index in [0.717, 1.165) is 6.92 Å². The number of aliphatic hydroxyl groups excluding tert-OH is 1. The maximum Gasteiger partial charge on any atom is 2.00 e. The molecule has 1 unspecified atom stereocenters. The Morgan fingerprint density at radius 3 is 1.50 bits per heavy atom. The van der Waals surface area contributed by atoms with Crippen LogP contribution in [0.3, 0.4) is 0 Å². The Kier molecular flexibility index (Phi) is 50.8. The van der Waals surface area contributed by atoms with Crippen molar-refractivity contribution in [2.45, 2.75) is 13.0 Å². The average Bonchev–Trinajstić information content (AvgIpc) is 1.36. The molecule has 0 spiro atoms. The second kappa shape index (κ2) is 16.3. The van der Waals surface area contributed by atoms with Gasteiger partial charge in [-0.1, -0.05) is 0 Å². The number of hydrogen-bond acceptors (Lipinski definition) is 3. The van der Waals surface area contributed by atoms with Gasteiger partial charge < -0.3 is 31.4 Å². The molecule has 0 aromatic heterocycles. The summed E-state index contributed by atoms with van der Waals surface area (Å²) in [6.07, 6.45) is -1.34. The topological polar surface area (TPSA) is 155 Å². The van der Waals surface area contributed by atoms with Crippen molar-refractivity contribution in [2.75, 3.05) is 0 Å². The summed E-state index contributed by atoms with van der Waals surface area (Å²) in [5, 5.41) is 17.3. The van der Waals surface area contributed by atoms with E-state index in [0.29, 0.717) is 0 Å². The Bertz CT molecular complexity index is 64.0. The van der Waals surface area contributed by atoms with Gasteiger partial charge in [-0.25, -0.2) is 0 Å². The summed E-state index contributed by atoms with van der Waals surface area (Å²) < 4.78 is 0. The van der Waals surface area contributed by atoms with Gasteiger partial charge in [0.25, 0.3) is 0 Å². The second-order valence-electron chi connectivity index (χ2n) is 0.995. The predicted molar refractivity (Wildman–Crippen MR) is 33.3 cm³/mol. The number of carboxylic acid groups (broad SMARTS) is 1. The number of aliphatic hydroxyl groups is 1. The van der Waals surface area contributed by atoms with E-state index in [1.807, 2.05) is 0 Å². The fraction of sp³-hybridized carbons (Fsp3) is 0.667. The molecule has 1 atom stereocenters. The molecule has 60 valence electrons. The van der Waals surface area contributed by atoms with Crippen LogP contribution in [0.4, 0.5) is 0 Å². The van der Waals surface area contributed by atoms with Crippen molar-refractivity contribution in [3.05, 3.63) is 0 Å². The van der Waals surface area contributed by atoms with E-state index < -0.39 is 12.1 Å². The minimum absolute atomic E-state index is 0. The first-order valence-electron chi connectivity index (χ1n) is 1.53. The van der Waals surface area contributed by atoms with Gasteiger partial charge in [0.15, 0.2) is 0 Å². The maximum absolute atomic E-state index is 9.34. The summed E-state index contributed by atoms with van der Waals surface area (Å²) >= 11 is 0. The van der Waals surface area contributed by atoms with Crippen molar-refractivity contribution < 1.29 is 31.4 Å². The van der Waals surface area contributed by atoms with Crippen LogP contribution in [0.15, 0.2) is 0 Å². The number of aliphatic carboxylic acids is 1. The Labute approximate surface area is 87.8 Å². The van der Waals surface area contributed by atoms with E-state index in [9.17, 15) is 9.90 Å². The molecule has 0 saturated carbocycles. The van der Waals surface area contributed by atoms with Crippen LogP contribution in [-0.4, -0.2) is 71.3 Å². The molecule has 7 N–H and O–H groups in total. The van der Waals surface area contributed by atoms with E-state index in [4.69, 9.17) is 5.11 Å². The summed E-state index contributed by atoms with van der Waals surface area (Å²) in [5.41, 5.74) is 0. The van der Waals surface area contributed by atoms with Crippen LogP contribution in [-0.2, 0) is 4.79 Å². The Morgan fingerprint density at radius 2 is 1.50 bits per heavy atom. The minimum atomic E-state index is -1.44. The van der Waals surface area contributed by atoms with Crippen LogP contribution in [0.2, 0.25) is 0 Å². The molecule has 0 heterocycles. The van der Waals surface area contributed by atoms with Crippen molar-refractivity contribution in [1.82, 2.24) is 0 Å². The number of carbonyl (C=O) groups is 1. The van der Waals surface area contributed by atoms with Gasteiger partial charge in [-0.15, -0.1) is 0 Å². The molecule has 7 heteroatoms. The van der Waals surface area contributed by atoms with Crippen LogP contribution < -0.4 is 5.11 Å². The van der Waals surface area contributed by atoms with Gasteiger partial charge in [-0.3, -0.25) is 0 Å². The second-order valence-corrected chi connectivity index (χ2v) is 0.995. The third-order valence-corrected chi connectivity index (χ3v) is 0.341. The fourth-order valence-corrected chi connectivity index (χ4v) is 0. The standard InChI is InChI=1S/C3H6O3.Ca.3H2O/c1-2(4)3(5)6;;;;/h2,4H,1H3,(H,5,6);;3*1H2/q;+2;;;/p-1. The molecule has 0 aliphatic heterocycles. The normalized spacial score (nSPS) is 8.20. The number of carboxylic acids is 1. The summed E-state index contributed by atoms with van der Waals surface area (Å²) in [5.74, 6) is -1.44. The van der Waals surface area contributed by atoms with Crippen LogP contribution >= 0.6 is 0 Å². The van der Waals surface area contributed by atoms with E-state index in [-0.39, 0.29) is 54.2 Å². The molecule has 0 aliphatic rings. The SMILES string of the molecule is CC(O)C(=O)[O-].O.O.O.[Ca+2]. The van der Waals surface area contributed by atoms with Crippen LogP contribution in [0, 0.1) is 0 Å². The molecule has 0 aliphatic carbocycles. The predicted octanol–water partition coefficient (Wildman–Crippen LogP) is -4.74. The summed E-state index contributed by atoms with van der Waals surface area (Å²) in [7, 11) is 0. The molecule has 0 rings (SSSR count). The molecule has 0 radical (unpaired) electrons. The van der Waals surface area contributed by atoms with Crippen LogP contribution in [0.5, 0.6) is 0 Å². The van der Waals surface area contributed by atoms with Gasteiger partial charge in [0, 0.05) is 0 Å². The van der Waals surface area contributed by atoms with E-state index >= 15 is 0 Å². The van der Waals surface area contributed by atoms with Gasteiger partial charge in [-0.2, -0.15) is 0 Å². The molecule has 0 amide bonds. The molecule has 0 aromatic carbocycles. The Balaban J connectivity index is -0.0000000208. The molecular formula is C3H11CaO6+. The van der Waals surface area contributed by atoms with Crippen molar-refractivity contribution >= 4 is 43.7 Å². The monoisotopic (exact) mass is 183 g/mol. The average molecular weight is 183 g/mol. The summed E-state index contributed by atoms with van der Waals surface area (Å²) in [4.78, 5) is 9.34. The van der Waals surface area contributed by atoms with Gasteiger partial charge in [-0.05, 0) is 6.92 Å². The number of carbonyl (C=O) groups excluding carboxylic acids is 1. The largest absolute Gasteiger partial charge is 2.00 e. The number of rotatable bonds is 1. The third kappa shape index (κ3) is 23.5. The zero-order chi connectivity index (χ0) is 5.15. The van der Waals surface area contributed by atoms with Gasteiger partial charge >= 0.3 is 37.7 Å². The van der Waals surface area contributed by atoms with E-state index in [2.05, 4.69) is 0 Å². The summed E-state index contributed by atoms with van der Waals surface area (Å²) in [6.45, 7) is 1.13. The van der Waals surface area contributed by atoms with Crippen molar-refractivity contribution in [3.8, 4) is 0 Å². The first-order valence-corrected chi connectivity index (χ1v) is 1.53. The Morgan fingerprint density at radius 1 is 1.40 bits per heavy atom. The fourth-order valence-electron chi connectivity index (χ4n) is 0. The first kappa shape index (κ1) is 31.2. The molecule has 0 fully saturated rings. The zero-order valence-corrected chi connectivity index (χ0v) is 7.76. The molecule has 0 aromatic rings. The maximum atomic E-state index is 9.34. The zero-order valence-electron chi connectivity index (χ0n) is 5.55. The van der Waals surface area contributed by atoms with E-state index in [1.165, 1.54) is 0 Å². The minimum Gasteiger partial charge on any atom is -0.547 e. The van der Waals surface area contributed by atoms with Crippen molar-refractivity contribution in [3.63, 3.8) is 0 Å². The summed E-state index contributed by atoms with van der Waals surface area (Å²) in [6, 6.07) is 0. The van der Waals surface area contributed by atoms with Crippen LogP contribution in [0.25, 0.3) is 0 Å². The molecule has 0 saturated heterocycles. The smallest absolute Gasteiger partial charge is 0.547 e. The molecule has 0 bridgehead atoms. The van der Waals surface area contributed by atoms with Crippen LogP contribution in [0.1, 0.15) is 6.92 Å². The third-order valence-electron chi connectivity index (χ3n) is 0.341. The first-order chi connectivity index (χ1) is 2.64. The quantitative estimate of drug-likeness (QED) is 0.405. The van der Waals surface area contributed by atoms with Crippen molar-refractivity contribution in [1.29, 1.82) is 0 Å². The van der Waals surface area contributed by atoms with Gasteiger partial charge in [0.05, 0.1) is 12.1 Å². The van der Waals surface area contributed by atoms with Gasteiger partial charge in [0.2, 0.25) is 0 Å². The van der Waals surface area contributed by atoms with Gasteiger partial charge in [0.1, 0.15) is 0 Å². The number of hydrogen-bond donors (Lipinski definition) is 1. The Hall–Kier alpha value is 0.570. The molecule has 6 nitrogen and oxygen atoms in total. The molecule has 10 heavy (non-hydrogen) atoms.